The standard InChI is InChI=1S/C21H20F3N5O/c1-13-15(4-3-5-17(13)21(22,23)24)10-18-14(2)26-20-16(12-25)11-19(27-29(18)20)28-6-8-30-9-7-28/h3-5,11H,6-10H2,1-2H3. The van der Waals surface area contributed by atoms with Crippen LogP contribution in [0.5, 0.6) is 0 Å². The number of fused-ring (bicyclic) bond motifs is 1. The topological polar surface area (TPSA) is 66.5 Å². The number of anilines is 1. The molecule has 0 atom stereocenters. The molecular weight excluding hydrogens is 395 g/mol. The molecule has 1 fully saturated rings. The quantitative estimate of drug-likeness (QED) is 0.653. The highest BCUT2D eigenvalue weighted by Crippen LogP contribution is 2.34. The van der Waals surface area contributed by atoms with Crippen molar-refractivity contribution >= 4 is 11.5 Å². The van der Waals surface area contributed by atoms with Crippen molar-refractivity contribution in [1.82, 2.24) is 14.6 Å². The van der Waals surface area contributed by atoms with E-state index in [2.05, 4.69) is 16.2 Å². The van der Waals surface area contributed by atoms with Gasteiger partial charge in [-0.1, -0.05) is 12.1 Å². The van der Waals surface area contributed by atoms with E-state index in [4.69, 9.17) is 4.74 Å². The average molecular weight is 415 g/mol. The van der Waals surface area contributed by atoms with E-state index >= 15 is 0 Å². The fourth-order valence-electron chi connectivity index (χ4n) is 3.75. The van der Waals surface area contributed by atoms with Crippen LogP contribution in [-0.2, 0) is 17.3 Å². The third kappa shape index (κ3) is 3.59. The molecule has 3 aromatic rings. The van der Waals surface area contributed by atoms with Gasteiger partial charge in [0, 0.05) is 25.6 Å². The summed E-state index contributed by atoms with van der Waals surface area (Å²) >= 11 is 0. The Hall–Kier alpha value is -3.12. The molecule has 1 aromatic carbocycles. The van der Waals surface area contributed by atoms with E-state index < -0.39 is 11.7 Å². The van der Waals surface area contributed by atoms with Crippen LogP contribution in [0, 0.1) is 25.2 Å². The van der Waals surface area contributed by atoms with Gasteiger partial charge in [-0.3, -0.25) is 0 Å². The van der Waals surface area contributed by atoms with Crippen molar-refractivity contribution in [2.75, 3.05) is 31.2 Å². The monoisotopic (exact) mass is 415 g/mol. The lowest BCUT2D eigenvalue weighted by atomic mass is 9.98. The molecule has 6 nitrogen and oxygen atoms in total. The summed E-state index contributed by atoms with van der Waals surface area (Å²) in [6.45, 7) is 5.70. The molecule has 0 aliphatic carbocycles. The molecule has 9 heteroatoms. The average Bonchev–Trinajstić information content (AvgIpc) is 3.04. The second kappa shape index (κ2) is 7.61. The number of hydrogen-bond acceptors (Lipinski definition) is 5. The molecule has 0 spiro atoms. The Morgan fingerprint density at radius 3 is 2.60 bits per heavy atom. The second-order valence-electron chi connectivity index (χ2n) is 7.27. The molecule has 1 saturated heterocycles. The highest BCUT2D eigenvalue weighted by Gasteiger charge is 2.33. The molecule has 1 aliphatic heterocycles. The van der Waals surface area contributed by atoms with Crippen molar-refractivity contribution in [3.05, 3.63) is 57.9 Å². The minimum absolute atomic E-state index is 0.184. The normalized spacial score (nSPS) is 14.9. The summed E-state index contributed by atoms with van der Waals surface area (Å²) in [5, 5.41) is 14.3. The van der Waals surface area contributed by atoms with Crippen LogP contribution in [0.2, 0.25) is 0 Å². The highest BCUT2D eigenvalue weighted by atomic mass is 19.4. The summed E-state index contributed by atoms with van der Waals surface area (Å²) < 4.78 is 46.9. The molecule has 0 amide bonds. The van der Waals surface area contributed by atoms with Gasteiger partial charge in [0.1, 0.15) is 11.6 Å². The maximum Gasteiger partial charge on any atom is 0.416 e. The number of aromatic nitrogens is 3. The van der Waals surface area contributed by atoms with Gasteiger partial charge in [0.05, 0.1) is 30.2 Å². The van der Waals surface area contributed by atoms with Crippen LogP contribution >= 0.6 is 0 Å². The van der Waals surface area contributed by atoms with Crippen LogP contribution in [-0.4, -0.2) is 40.9 Å². The number of ether oxygens (including phenoxy) is 1. The van der Waals surface area contributed by atoms with Crippen LogP contribution in [0.3, 0.4) is 0 Å². The van der Waals surface area contributed by atoms with Gasteiger partial charge in [0.25, 0.3) is 0 Å². The lowest BCUT2D eigenvalue weighted by Crippen LogP contribution is -2.37. The molecule has 0 N–H and O–H groups in total. The number of nitrogens with zero attached hydrogens (tertiary/aromatic N) is 5. The fraction of sp³-hybridized carbons (Fsp3) is 0.381. The number of nitriles is 1. The van der Waals surface area contributed by atoms with Crippen LogP contribution in [0.25, 0.3) is 5.65 Å². The van der Waals surface area contributed by atoms with Gasteiger partial charge in [-0.15, -0.1) is 5.10 Å². The summed E-state index contributed by atoms with van der Waals surface area (Å²) in [4.78, 5) is 6.51. The Labute approximate surface area is 171 Å². The van der Waals surface area contributed by atoms with Crippen molar-refractivity contribution in [1.29, 1.82) is 5.26 Å². The maximum atomic E-state index is 13.3. The zero-order valence-electron chi connectivity index (χ0n) is 16.6. The van der Waals surface area contributed by atoms with Crippen molar-refractivity contribution in [3.63, 3.8) is 0 Å². The second-order valence-corrected chi connectivity index (χ2v) is 7.27. The van der Waals surface area contributed by atoms with E-state index in [0.29, 0.717) is 60.3 Å². The van der Waals surface area contributed by atoms with E-state index in [-0.39, 0.29) is 12.0 Å². The molecule has 30 heavy (non-hydrogen) atoms. The summed E-state index contributed by atoms with van der Waals surface area (Å²) in [5.74, 6) is 0.627. The third-order valence-corrected chi connectivity index (χ3v) is 5.43. The van der Waals surface area contributed by atoms with E-state index in [9.17, 15) is 18.4 Å². The van der Waals surface area contributed by atoms with E-state index in [0.717, 1.165) is 6.07 Å². The Balaban J connectivity index is 1.82. The molecule has 0 bridgehead atoms. The third-order valence-electron chi connectivity index (χ3n) is 5.43. The molecule has 3 heterocycles. The first-order chi connectivity index (χ1) is 14.3. The van der Waals surface area contributed by atoms with Crippen LogP contribution in [0.15, 0.2) is 24.3 Å². The lowest BCUT2D eigenvalue weighted by molar-refractivity contribution is -0.138. The van der Waals surface area contributed by atoms with Crippen LogP contribution < -0.4 is 4.90 Å². The fourth-order valence-corrected chi connectivity index (χ4v) is 3.75. The zero-order valence-corrected chi connectivity index (χ0v) is 16.6. The largest absolute Gasteiger partial charge is 0.416 e. The molecule has 0 saturated carbocycles. The van der Waals surface area contributed by atoms with Crippen molar-refractivity contribution in [2.45, 2.75) is 26.4 Å². The molecule has 0 radical (unpaired) electrons. The number of morpholine rings is 1. The van der Waals surface area contributed by atoms with Crippen molar-refractivity contribution < 1.29 is 17.9 Å². The molecule has 156 valence electrons. The molecule has 2 aromatic heterocycles. The smallest absolute Gasteiger partial charge is 0.378 e. The number of alkyl halides is 3. The van der Waals surface area contributed by atoms with Crippen molar-refractivity contribution in [3.8, 4) is 6.07 Å². The number of rotatable bonds is 3. The van der Waals surface area contributed by atoms with Crippen LogP contribution in [0.1, 0.15) is 33.6 Å². The summed E-state index contributed by atoms with van der Waals surface area (Å²) in [6, 6.07) is 8.05. The maximum absolute atomic E-state index is 13.3. The number of aryl methyl sites for hydroxylation is 1. The first kappa shape index (κ1) is 20.2. The highest BCUT2D eigenvalue weighted by molar-refractivity contribution is 5.61. The molecule has 0 unspecified atom stereocenters. The van der Waals surface area contributed by atoms with Gasteiger partial charge in [-0.25, -0.2) is 9.50 Å². The Bertz CT molecular complexity index is 1140. The van der Waals surface area contributed by atoms with Crippen molar-refractivity contribution in [2.24, 2.45) is 0 Å². The number of halogens is 3. The van der Waals surface area contributed by atoms with Crippen LogP contribution in [0.4, 0.5) is 19.0 Å². The van der Waals surface area contributed by atoms with E-state index in [1.807, 2.05) is 4.90 Å². The minimum atomic E-state index is -4.41. The lowest BCUT2D eigenvalue weighted by Gasteiger charge is -2.27. The summed E-state index contributed by atoms with van der Waals surface area (Å²) in [6.07, 6.45) is -4.18. The number of benzene rings is 1. The van der Waals surface area contributed by atoms with Gasteiger partial charge in [-0.2, -0.15) is 18.4 Å². The van der Waals surface area contributed by atoms with Gasteiger partial charge in [0.15, 0.2) is 11.5 Å². The first-order valence-electron chi connectivity index (χ1n) is 9.57. The Morgan fingerprint density at radius 2 is 1.93 bits per heavy atom. The molecule has 1 aliphatic rings. The summed E-state index contributed by atoms with van der Waals surface area (Å²) in [7, 11) is 0. The van der Waals surface area contributed by atoms with Gasteiger partial charge < -0.3 is 9.64 Å². The first-order valence-corrected chi connectivity index (χ1v) is 9.57. The van der Waals surface area contributed by atoms with E-state index in [1.54, 1.807) is 23.6 Å². The zero-order chi connectivity index (χ0) is 21.5. The van der Waals surface area contributed by atoms with Gasteiger partial charge >= 0.3 is 6.18 Å². The minimum Gasteiger partial charge on any atom is -0.378 e. The predicted molar refractivity (Wildman–Crippen MR) is 104 cm³/mol. The Kier molecular flexibility index (Phi) is 5.12. The van der Waals surface area contributed by atoms with Gasteiger partial charge in [-0.05, 0) is 31.0 Å². The van der Waals surface area contributed by atoms with Gasteiger partial charge in [0.2, 0.25) is 0 Å². The molecular formula is C21H20F3N5O. The van der Waals surface area contributed by atoms with E-state index in [1.165, 1.54) is 13.0 Å². The molecule has 4 rings (SSSR count). The SMILES string of the molecule is Cc1nc2c(C#N)cc(N3CCOCC3)nn2c1Cc1cccc(C(F)(F)F)c1C. The number of hydrogen-bond donors (Lipinski definition) is 0. The predicted octanol–water partition coefficient (Wildman–Crippen LogP) is 3.66. The summed E-state index contributed by atoms with van der Waals surface area (Å²) in [5.41, 5.74) is 2.17. The number of imidazole rings is 1. The Morgan fingerprint density at radius 1 is 1.20 bits per heavy atom.